The van der Waals surface area contributed by atoms with Crippen molar-refractivity contribution in [1.82, 2.24) is 0 Å². The van der Waals surface area contributed by atoms with Gasteiger partial charge in [0.1, 0.15) is 12.2 Å². The molecule has 5 nitrogen and oxygen atoms in total. The number of unbranched alkanes of at least 4 members (excludes halogenated alkanes) is 6. The fraction of sp³-hybridized carbons (Fsp3) is 0.647. The first kappa shape index (κ1) is 35.8. The molecule has 0 aliphatic carbocycles. The maximum absolute atomic E-state index is 11.8. The molecule has 0 saturated heterocycles. The summed E-state index contributed by atoms with van der Waals surface area (Å²) in [7, 11) is -1.75. The van der Waals surface area contributed by atoms with Crippen LogP contribution in [0.25, 0.3) is 6.08 Å². The molecule has 0 N–H and O–H groups in total. The highest BCUT2D eigenvalue weighted by atomic mass is 28.4. The first-order valence-corrected chi connectivity index (χ1v) is 18.2. The van der Waals surface area contributed by atoms with Crippen LogP contribution in [0.3, 0.4) is 0 Å². The summed E-state index contributed by atoms with van der Waals surface area (Å²) in [5.41, 5.74) is 2.02. The van der Waals surface area contributed by atoms with Crippen LogP contribution in [-0.2, 0) is 23.5 Å². The minimum absolute atomic E-state index is 0.200. The monoisotopic (exact) mass is 572 g/mol. The van der Waals surface area contributed by atoms with Gasteiger partial charge in [0.25, 0.3) is 0 Å². The molecule has 1 aromatic carbocycles. The molecule has 0 saturated carbocycles. The smallest absolute Gasteiger partial charge is 0.303 e. The van der Waals surface area contributed by atoms with E-state index in [-0.39, 0.29) is 29.2 Å². The van der Waals surface area contributed by atoms with Crippen molar-refractivity contribution in [2.75, 3.05) is 6.61 Å². The number of esters is 2. The van der Waals surface area contributed by atoms with Gasteiger partial charge in [-0.2, -0.15) is 0 Å². The third-order valence-corrected chi connectivity index (χ3v) is 12.1. The van der Waals surface area contributed by atoms with Crippen molar-refractivity contribution in [1.29, 1.82) is 0 Å². The Morgan fingerprint density at radius 3 is 2.17 bits per heavy atom. The molecule has 0 bridgehead atoms. The fourth-order valence-corrected chi connectivity index (χ4v) is 5.31. The van der Waals surface area contributed by atoms with Gasteiger partial charge in [-0.05, 0) is 73.5 Å². The summed E-state index contributed by atoms with van der Waals surface area (Å²) in [6.45, 7) is 17.2. The van der Waals surface area contributed by atoms with Crippen LogP contribution in [0.1, 0.15) is 123 Å². The molecule has 0 radical (unpaired) electrons. The zero-order valence-electron chi connectivity index (χ0n) is 26.6. The maximum atomic E-state index is 11.8. The van der Waals surface area contributed by atoms with Crippen LogP contribution in [0.4, 0.5) is 0 Å². The van der Waals surface area contributed by atoms with E-state index in [0.29, 0.717) is 0 Å². The number of ether oxygens (including phenoxy) is 2. The van der Waals surface area contributed by atoms with E-state index >= 15 is 0 Å². The predicted octanol–water partition coefficient (Wildman–Crippen LogP) is 9.73. The van der Waals surface area contributed by atoms with E-state index in [0.717, 1.165) is 49.8 Å². The molecule has 0 aliphatic heterocycles. The Hall–Kier alpha value is -2.18. The molecule has 0 unspecified atom stereocenters. The van der Waals surface area contributed by atoms with Crippen molar-refractivity contribution in [3.8, 4) is 0 Å². The molecule has 6 heteroatoms. The number of rotatable bonds is 19. The molecule has 0 spiro atoms. The lowest BCUT2D eigenvalue weighted by Gasteiger charge is -2.36. The quantitative estimate of drug-likeness (QED) is 0.0714. The summed E-state index contributed by atoms with van der Waals surface area (Å²) < 4.78 is 17.5. The van der Waals surface area contributed by atoms with E-state index in [9.17, 15) is 9.59 Å². The highest BCUT2D eigenvalue weighted by Gasteiger charge is 2.36. The van der Waals surface area contributed by atoms with E-state index in [2.05, 4.69) is 46.9 Å². The Bertz CT molecular complexity index is 929. The Morgan fingerprint density at radius 1 is 0.875 bits per heavy atom. The Balaban J connectivity index is 2.72. The van der Waals surface area contributed by atoms with Crippen molar-refractivity contribution >= 4 is 26.3 Å². The van der Waals surface area contributed by atoms with Crippen molar-refractivity contribution in [2.24, 2.45) is 0 Å². The third kappa shape index (κ3) is 15.6. The van der Waals surface area contributed by atoms with E-state index < -0.39 is 8.32 Å². The number of hydrogen-bond donors (Lipinski definition) is 0. The van der Waals surface area contributed by atoms with Gasteiger partial charge >= 0.3 is 11.9 Å². The van der Waals surface area contributed by atoms with Crippen molar-refractivity contribution in [3.63, 3.8) is 0 Å². The molecule has 226 valence electrons. The van der Waals surface area contributed by atoms with Gasteiger partial charge in [0.15, 0.2) is 8.32 Å². The molecule has 0 heterocycles. The Morgan fingerprint density at radius 2 is 1.52 bits per heavy atom. The van der Waals surface area contributed by atoms with Gasteiger partial charge in [-0.15, -0.1) is 0 Å². The lowest BCUT2D eigenvalue weighted by atomic mass is 10.0. The molecule has 2 atom stereocenters. The van der Waals surface area contributed by atoms with Crippen LogP contribution in [0.15, 0.2) is 42.5 Å². The number of allylic oxidation sites excluding steroid dienone is 2. The molecular weight excluding hydrogens is 516 g/mol. The minimum atomic E-state index is -1.75. The highest BCUT2D eigenvalue weighted by Crippen LogP contribution is 2.36. The first-order chi connectivity index (χ1) is 18.9. The van der Waals surface area contributed by atoms with Crippen molar-refractivity contribution < 1.29 is 23.5 Å². The summed E-state index contributed by atoms with van der Waals surface area (Å²) in [4.78, 5) is 23.4. The van der Waals surface area contributed by atoms with E-state index in [4.69, 9.17) is 13.9 Å². The van der Waals surface area contributed by atoms with Crippen LogP contribution in [0.2, 0.25) is 18.1 Å². The Labute approximate surface area is 245 Å². The van der Waals surface area contributed by atoms with E-state index in [1.54, 1.807) is 0 Å². The number of benzene rings is 1. The lowest BCUT2D eigenvalue weighted by Crippen LogP contribution is -2.40. The van der Waals surface area contributed by atoms with Gasteiger partial charge in [-0.3, -0.25) is 9.59 Å². The maximum Gasteiger partial charge on any atom is 0.303 e. The number of carbonyl (C=O) groups excluding carboxylic acids is 2. The SMILES string of the molecule is CCCCCCCC[C@@H](/C=C/C=C/c1cccc([C@H](CCCCO[Si](C)(C)C(C)(C)C)OC(C)=O)c1)OC(C)=O. The largest absolute Gasteiger partial charge is 0.458 e. The molecule has 1 rings (SSSR count). The average Bonchev–Trinajstić information content (AvgIpc) is 2.86. The summed E-state index contributed by atoms with van der Waals surface area (Å²) in [5, 5.41) is 0.200. The second-order valence-corrected chi connectivity index (χ2v) is 17.1. The van der Waals surface area contributed by atoms with Gasteiger partial charge < -0.3 is 13.9 Å². The van der Waals surface area contributed by atoms with Crippen LogP contribution < -0.4 is 0 Å². The molecule has 0 aromatic heterocycles. The molecule has 0 amide bonds. The van der Waals surface area contributed by atoms with Crippen molar-refractivity contribution in [3.05, 3.63) is 53.6 Å². The Kier molecular flexibility index (Phi) is 17.1. The van der Waals surface area contributed by atoms with E-state index in [1.165, 1.54) is 46.0 Å². The summed E-state index contributed by atoms with van der Waals surface area (Å²) in [5.74, 6) is -0.520. The van der Waals surface area contributed by atoms with E-state index in [1.807, 2.05) is 42.5 Å². The molecular formula is C34H56O5Si. The predicted molar refractivity (Wildman–Crippen MR) is 170 cm³/mol. The fourth-order valence-electron chi connectivity index (χ4n) is 4.22. The topological polar surface area (TPSA) is 61.8 Å². The van der Waals surface area contributed by atoms with Crippen LogP contribution in [-0.4, -0.2) is 33.0 Å². The van der Waals surface area contributed by atoms with Crippen LogP contribution in [0, 0.1) is 0 Å². The van der Waals surface area contributed by atoms with Gasteiger partial charge in [0.2, 0.25) is 0 Å². The van der Waals surface area contributed by atoms with Crippen LogP contribution in [0.5, 0.6) is 0 Å². The molecule has 0 aliphatic rings. The molecule has 40 heavy (non-hydrogen) atoms. The van der Waals surface area contributed by atoms with Gasteiger partial charge in [0.05, 0.1) is 0 Å². The zero-order valence-corrected chi connectivity index (χ0v) is 27.6. The molecule has 1 aromatic rings. The normalized spacial score (nSPS) is 14.0. The first-order valence-electron chi connectivity index (χ1n) is 15.3. The number of hydrogen-bond acceptors (Lipinski definition) is 5. The second-order valence-electron chi connectivity index (χ2n) is 12.3. The summed E-state index contributed by atoms with van der Waals surface area (Å²) in [6.07, 6.45) is 18.1. The summed E-state index contributed by atoms with van der Waals surface area (Å²) in [6, 6.07) is 8.12. The van der Waals surface area contributed by atoms with Gasteiger partial charge in [-0.1, -0.05) is 96.2 Å². The van der Waals surface area contributed by atoms with Crippen molar-refractivity contribution in [2.45, 2.75) is 136 Å². The minimum Gasteiger partial charge on any atom is -0.458 e. The third-order valence-electron chi connectivity index (χ3n) is 7.61. The summed E-state index contributed by atoms with van der Waals surface area (Å²) >= 11 is 0. The van der Waals surface area contributed by atoms with Gasteiger partial charge in [-0.25, -0.2) is 0 Å². The lowest BCUT2D eigenvalue weighted by molar-refractivity contribution is -0.147. The molecule has 0 fully saturated rings. The second kappa shape index (κ2) is 19.0. The highest BCUT2D eigenvalue weighted by molar-refractivity contribution is 6.74. The number of carbonyl (C=O) groups is 2. The van der Waals surface area contributed by atoms with Gasteiger partial charge in [0, 0.05) is 20.5 Å². The zero-order chi connectivity index (χ0) is 30.0. The average molecular weight is 573 g/mol. The van der Waals surface area contributed by atoms with Crippen LogP contribution >= 0.6 is 0 Å². The standard InChI is InChI=1S/C34H56O5Si/c1-9-10-11-12-13-14-23-32(38-28(2)35)24-16-15-20-30-21-19-22-31(27-30)33(39-29(3)36)25-17-18-26-37-40(7,8)34(4,5)6/h15-16,19-22,24,27,32-33H,9-14,17-18,23,25-26H2,1-8H3/b20-15+,24-16+/t32-,33-/m0/s1.